The van der Waals surface area contributed by atoms with Crippen LogP contribution in [0, 0.1) is 0 Å². The quantitative estimate of drug-likeness (QED) is 0.490. The predicted octanol–water partition coefficient (Wildman–Crippen LogP) is 4.49. The van der Waals surface area contributed by atoms with Crippen molar-refractivity contribution in [3.8, 4) is 22.8 Å². The number of amides is 1. The van der Waals surface area contributed by atoms with Gasteiger partial charge in [0, 0.05) is 22.2 Å². The first-order valence-corrected chi connectivity index (χ1v) is 12.2. The Morgan fingerprint density at radius 1 is 1.23 bits per heavy atom. The predicted molar refractivity (Wildman–Crippen MR) is 123 cm³/mol. The number of halogens is 1. The zero-order valence-corrected chi connectivity index (χ0v) is 19.3. The van der Waals surface area contributed by atoms with Crippen molar-refractivity contribution in [1.29, 1.82) is 0 Å². The second kappa shape index (κ2) is 9.54. The molecule has 2 aromatic carbocycles. The summed E-state index contributed by atoms with van der Waals surface area (Å²) in [7, 11) is -1.87. The van der Waals surface area contributed by atoms with Gasteiger partial charge in [-0.2, -0.15) is 0 Å². The van der Waals surface area contributed by atoms with Crippen molar-refractivity contribution in [3.63, 3.8) is 0 Å². The zero-order valence-electron chi connectivity index (χ0n) is 16.9. The lowest BCUT2D eigenvalue weighted by Gasteiger charge is -2.12. The smallest absolute Gasteiger partial charge is 0.257 e. The van der Waals surface area contributed by atoms with Crippen LogP contribution in [0.5, 0.6) is 11.5 Å². The Kier molecular flexibility index (Phi) is 7.04. The van der Waals surface area contributed by atoms with E-state index in [1.165, 1.54) is 24.5 Å². The molecule has 0 aliphatic rings. The molecule has 1 aromatic heterocycles. The molecule has 3 rings (SSSR count). The normalized spacial score (nSPS) is 11.1. The minimum atomic E-state index is -3.34. The van der Waals surface area contributed by atoms with Crippen molar-refractivity contribution in [2.24, 2.45) is 0 Å². The molecule has 0 spiro atoms. The van der Waals surface area contributed by atoms with Crippen LogP contribution in [-0.2, 0) is 10.0 Å². The molecule has 0 unspecified atom stereocenters. The maximum atomic E-state index is 12.7. The van der Waals surface area contributed by atoms with E-state index in [4.69, 9.17) is 21.1 Å². The molecule has 0 saturated heterocycles. The van der Waals surface area contributed by atoms with Crippen molar-refractivity contribution in [3.05, 3.63) is 52.4 Å². The first kappa shape index (κ1) is 22.9. The van der Waals surface area contributed by atoms with E-state index in [9.17, 15) is 13.2 Å². The summed E-state index contributed by atoms with van der Waals surface area (Å²) in [5.41, 5.74) is 2.18. The number of hydrogen-bond donors (Lipinski definition) is 2. The summed E-state index contributed by atoms with van der Waals surface area (Å²) in [6.45, 7) is 2.24. The van der Waals surface area contributed by atoms with E-state index in [1.807, 2.05) is 6.92 Å². The van der Waals surface area contributed by atoms with E-state index in [1.54, 1.807) is 35.7 Å². The Labute approximate surface area is 189 Å². The molecule has 31 heavy (non-hydrogen) atoms. The molecule has 164 valence electrons. The Morgan fingerprint density at radius 2 is 1.94 bits per heavy atom. The third kappa shape index (κ3) is 5.87. The zero-order chi connectivity index (χ0) is 22.6. The van der Waals surface area contributed by atoms with Gasteiger partial charge in [0.15, 0.2) is 16.6 Å². The fraction of sp³-hybridized carbons (Fsp3) is 0.200. The molecular weight excluding hydrogens is 462 g/mol. The van der Waals surface area contributed by atoms with Crippen LogP contribution in [0.25, 0.3) is 11.3 Å². The van der Waals surface area contributed by atoms with E-state index in [0.717, 1.165) is 11.8 Å². The lowest BCUT2D eigenvalue weighted by molar-refractivity contribution is 0.102. The third-order valence-corrected chi connectivity index (χ3v) is 5.63. The molecule has 0 radical (unpaired) electrons. The number of methoxy groups -OCH3 is 1. The standard InChI is InChI=1S/C20H20ClN3O5S2/c1-4-29-18-15(21)9-13(10-17(18)28-2)19(25)23-20-22-16(11-30-20)12-5-7-14(8-6-12)24-31(3,26)27/h5-11,24H,4H2,1-3H3,(H,22,23,25). The number of ether oxygens (including phenoxy) is 2. The average Bonchev–Trinajstić information content (AvgIpc) is 3.17. The Hall–Kier alpha value is -2.82. The molecule has 1 amide bonds. The van der Waals surface area contributed by atoms with Gasteiger partial charge in [-0.25, -0.2) is 13.4 Å². The highest BCUT2D eigenvalue weighted by atomic mass is 35.5. The SMILES string of the molecule is CCOc1c(Cl)cc(C(=O)Nc2nc(-c3ccc(NS(C)(=O)=O)cc3)cs2)cc1OC. The van der Waals surface area contributed by atoms with Gasteiger partial charge in [-0.3, -0.25) is 14.8 Å². The van der Waals surface area contributed by atoms with Gasteiger partial charge < -0.3 is 9.47 Å². The van der Waals surface area contributed by atoms with Gasteiger partial charge in [0.05, 0.1) is 30.7 Å². The summed E-state index contributed by atoms with van der Waals surface area (Å²) in [6, 6.07) is 9.82. The van der Waals surface area contributed by atoms with Gasteiger partial charge in [-0.1, -0.05) is 23.7 Å². The van der Waals surface area contributed by atoms with Gasteiger partial charge in [-0.15, -0.1) is 11.3 Å². The lowest BCUT2D eigenvalue weighted by atomic mass is 10.1. The molecule has 0 bridgehead atoms. The second-order valence-corrected chi connectivity index (χ2v) is 9.38. The molecule has 11 heteroatoms. The lowest BCUT2D eigenvalue weighted by Crippen LogP contribution is -2.12. The van der Waals surface area contributed by atoms with Crippen LogP contribution in [0.4, 0.5) is 10.8 Å². The average molecular weight is 482 g/mol. The van der Waals surface area contributed by atoms with Gasteiger partial charge >= 0.3 is 0 Å². The second-order valence-electron chi connectivity index (χ2n) is 6.37. The van der Waals surface area contributed by atoms with Crippen LogP contribution in [0.2, 0.25) is 5.02 Å². The highest BCUT2D eigenvalue weighted by Gasteiger charge is 2.17. The summed E-state index contributed by atoms with van der Waals surface area (Å²) >= 11 is 7.50. The van der Waals surface area contributed by atoms with Gasteiger partial charge in [-0.05, 0) is 31.2 Å². The van der Waals surface area contributed by atoms with Crippen LogP contribution in [0.3, 0.4) is 0 Å². The van der Waals surface area contributed by atoms with Crippen LogP contribution < -0.4 is 19.5 Å². The monoisotopic (exact) mass is 481 g/mol. The molecule has 3 aromatic rings. The largest absolute Gasteiger partial charge is 0.493 e. The Bertz CT molecular complexity index is 1190. The van der Waals surface area contributed by atoms with Crippen LogP contribution in [0.1, 0.15) is 17.3 Å². The first-order valence-electron chi connectivity index (χ1n) is 9.05. The molecule has 8 nitrogen and oxygen atoms in total. The van der Waals surface area contributed by atoms with Crippen molar-refractivity contribution in [2.75, 3.05) is 30.0 Å². The van der Waals surface area contributed by atoms with Gasteiger partial charge in [0.1, 0.15) is 0 Å². The van der Waals surface area contributed by atoms with E-state index < -0.39 is 15.9 Å². The molecule has 0 atom stereocenters. The summed E-state index contributed by atoms with van der Waals surface area (Å²) in [5.74, 6) is 0.354. The van der Waals surface area contributed by atoms with E-state index in [2.05, 4.69) is 15.0 Å². The molecule has 0 saturated carbocycles. The summed E-state index contributed by atoms with van der Waals surface area (Å²) in [4.78, 5) is 17.1. The first-order chi connectivity index (χ1) is 14.7. The summed E-state index contributed by atoms with van der Waals surface area (Å²) in [6.07, 6.45) is 1.09. The number of carbonyl (C=O) groups excluding carboxylic acids is 1. The molecule has 1 heterocycles. The van der Waals surface area contributed by atoms with E-state index in [0.29, 0.717) is 40.2 Å². The number of nitrogens with zero attached hydrogens (tertiary/aromatic N) is 1. The number of carbonyl (C=O) groups is 1. The maximum absolute atomic E-state index is 12.7. The number of hydrogen-bond acceptors (Lipinski definition) is 7. The van der Waals surface area contributed by atoms with Crippen molar-refractivity contribution >= 4 is 49.7 Å². The highest BCUT2D eigenvalue weighted by Crippen LogP contribution is 2.36. The topological polar surface area (TPSA) is 107 Å². The summed E-state index contributed by atoms with van der Waals surface area (Å²) < 4.78 is 35.8. The minimum absolute atomic E-state index is 0.272. The number of anilines is 2. The number of benzene rings is 2. The molecule has 0 aliphatic carbocycles. The van der Waals surface area contributed by atoms with Crippen molar-refractivity contribution in [2.45, 2.75) is 6.92 Å². The van der Waals surface area contributed by atoms with Gasteiger partial charge in [0.2, 0.25) is 10.0 Å². The van der Waals surface area contributed by atoms with Crippen molar-refractivity contribution in [1.82, 2.24) is 4.98 Å². The number of nitrogens with one attached hydrogen (secondary N) is 2. The number of thiazole rings is 1. The van der Waals surface area contributed by atoms with Crippen LogP contribution in [-0.4, -0.2) is 39.3 Å². The molecular formula is C20H20ClN3O5S2. The number of rotatable bonds is 8. The van der Waals surface area contributed by atoms with Crippen molar-refractivity contribution < 1.29 is 22.7 Å². The van der Waals surface area contributed by atoms with E-state index >= 15 is 0 Å². The van der Waals surface area contributed by atoms with Crippen LogP contribution >= 0.6 is 22.9 Å². The Morgan fingerprint density at radius 3 is 2.55 bits per heavy atom. The highest BCUT2D eigenvalue weighted by molar-refractivity contribution is 7.92. The maximum Gasteiger partial charge on any atom is 0.257 e. The van der Waals surface area contributed by atoms with Crippen LogP contribution in [0.15, 0.2) is 41.8 Å². The molecule has 0 fully saturated rings. The minimum Gasteiger partial charge on any atom is -0.493 e. The number of sulfonamides is 1. The Balaban J connectivity index is 1.75. The fourth-order valence-corrected chi connectivity index (χ4v) is 4.24. The third-order valence-electron chi connectivity index (χ3n) is 3.99. The van der Waals surface area contributed by atoms with Gasteiger partial charge in [0.25, 0.3) is 5.91 Å². The van der Waals surface area contributed by atoms with E-state index in [-0.39, 0.29) is 5.02 Å². The number of aromatic nitrogens is 1. The summed E-state index contributed by atoms with van der Waals surface area (Å²) in [5, 5.41) is 5.21. The fourth-order valence-electron chi connectivity index (χ4n) is 2.69. The molecule has 2 N–H and O–H groups in total. The molecule has 0 aliphatic heterocycles.